The fourth-order valence-electron chi connectivity index (χ4n) is 1.17. The molecule has 0 fully saturated rings. The summed E-state index contributed by atoms with van der Waals surface area (Å²) in [6, 6.07) is -0.539. The minimum atomic E-state index is -3.05. The molecule has 3 nitrogen and oxygen atoms in total. The van der Waals surface area contributed by atoms with Gasteiger partial charge in [-0.15, -0.1) is 11.6 Å². The van der Waals surface area contributed by atoms with Crippen LogP contribution >= 0.6 is 11.6 Å². The van der Waals surface area contributed by atoms with Crippen LogP contribution in [0.4, 0.5) is 8.78 Å². The fourth-order valence-corrected chi connectivity index (χ4v) is 1.28. The van der Waals surface area contributed by atoms with Gasteiger partial charge in [-0.05, 0) is 6.42 Å². The minimum absolute atomic E-state index is 0.00972. The normalized spacial score (nSPS) is 12.6. The van der Waals surface area contributed by atoms with Crippen LogP contribution in [-0.2, 0) is 9.59 Å². The van der Waals surface area contributed by atoms with Gasteiger partial charge in [-0.25, -0.2) is 0 Å². The number of carbonyl (C=O) groups is 2. The molecule has 0 spiro atoms. The van der Waals surface area contributed by atoms with E-state index in [9.17, 15) is 18.4 Å². The highest BCUT2D eigenvalue weighted by Crippen LogP contribution is 2.05. The van der Waals surface area contributed by atoms with Crippen molar-refractivity contribution in [1.29, 1.82) is 0 Å². The third-order valence-corrected chi connectivity index (χ3v) is 2.10. The van der Waals surface area contributed by atoms with Gasteiger partial charge >= 0.3 is 6.43 Å². The maximum absolute atomic E-state index is 11.9. The summed E-state index contributed by atoms with van der Waals surface area (Å²) < 4.78 is 23.9. The molecule has 0 heterocycles. The fraction of sp³-hybridized carbons (Fsp3) is 0.778. The van der Waals surface area contributed by atoms with E-state index in [2.05, 4.69) is 5.32 Å². The molecule has 0 aromatic rings. The minimum Gasteiger partial charge on any atom is -0.348 e. The lowest BCUT2D eigenvalue weighted by Crippen LogP contribution is -2.39. The smallest absolute Gasteiger partial charge is 0.315 e. The molecule has 0 radical (unpaired) electrons. The van der Waals surface area contributed by atoms with Crippen LogP contribution in [-0.4, -0.2) is 30.0 Å². The lowest BCUT2D eigenvalue weighted by atomic mass is 10.1. The first-order valence-electron chi connectivity index (χ1n) is 4.67. The Labute approximate surface area is 92.2 Å². The Bertz CT molecular complexity index is 224. The molecule has 6 heteroatoms. The van der Waals surface area contributed by atoms with E-state index in [0.29, 0.717) is 12.8 Å². The summed E-state index contributed by atoms with van der Waals surface area (Å²) >= 11 is 5.28. The van der Waals surface area contributed by atoms with Crippen LogP contribution in [0.5, 0.6) is 0 Å². The van der Waals surface area contributed by atoms with Crippen LogP contribution in [0.1, 0.15) is 26.2 Å². The van der Waals surface area contributed by atoms with Crippen molar-refractivity contribution in [3.63, 3.8) is 0 Å². The Hall–Kier alpha value is -0.710. The number of hydrogen-bond donors (Lipinski definition) is 1. The van der Waals surface area contributed by atoms with Crippen LogP contribution in [0.25, 0.3) is 0 Å². The molecular weight excluding hydrogens is 228 g/mol. The van der Waals surface area contributed by atoms with Crippen LogP contribution in [0.15, 0.2) is 0 Å². The van der Waals surface area contributed by atoms with E-state index in [1.54, 1.807) is 0 Å². The molecule has 0 aliphatic rings. The predicted octanol–water partition coefficient (Wildman–Crippen LogP) is 1.73. The Morgan fingerprint density at radius 2 is 2.00 bits per heavy atom. The van der Waals surface area contributed by atoms with Crippen molar-refractivity contribution >= 4 is 23.3 Å². The van der Waals surface area contributed by atoms with Gasteiger partial charge in [0.25, 0.3) is 5.91 Å². The predicted molar refractivity (Wildman–Crippen MR) is 53.2 cm³/mol. The number of halogens is 3. The molecule has 1 unspecified atom stereocenters. The van der Waals surface area contributed by atoms with Crippen LogP contribution < -0.4 is 5.32 Å². The third kappa shape index (κ3) is 6.38. The zero-order valence-electron chi connectivity index (χ0n) is 8.43. The Morgan fingerprint density at radius 3 is 2.40 bits per heavy atom. The number of carbonyl (C=O) groups excluding carboxylic acids is 2. The Balaban J connectivity index is 4.14. The molecule has 0 aliphatic heterocycles. The van der Waals surface area contributed by atoms with E-state index in [-0.39, 0.29) is 18.1 Å². The molecule has 1 atom stereocenters. The molecule has 88 valence electrons. The van der Waals surface area contributed by atoms with E-state index >= 15 is 0 Å². The number of ketones is 1. The van der Waals surface area contributed by atoms with Gasteiger partial charge in [-0.3, -0.25) is 9.59 Å². The van der Waals surface area contributed by atoms with Crippen molar-refractivity contribution < 1.29 is 18.4 Å². The molecule has 0 rings (SSSR count). The molecule has 15 heavy (non-hydrogen) atoms. The Kier molecular flexibility index (Phi) is 7.21. The zero-order valence-corrected chi connectivity index (χ0v) is 9.19. The quantitative estimate of drug-likeness (QED) is 0.690. The summed E-state index contributed by atoms with van der Waals surface area (Å²) in [5, 5.41) is 2.11. The molecule has 0 aromatic heterocycles. The Morgan fingerprint density at radius 1 is 1.40 bits per heavy atom. The topological polar surface area (TPSA) is 46.2 Å². The first-order chi connectivity index (χ1) is 7.01. The number of Topliss-reactive ketones (excluding diaryl/α,β-unsaturated/α-hetero) is 1. The second-order valence-electron chi connectivity index (χ2n) is 3.17. The highest BCUT2D eigenvalue weighted by molar-refractivity contribution is 6.27. The van der Waals surface area contributed by atoms with Crippen molar-refractivity contribution in [1.82, 2.24) is 5.32 Å². The molecule has 0 bridgehead atoms. The van der Waals surface area contributed by atoms with Crippen molar-refractivity contribution in [2.75, 3.05) is 5.88 Å². The van der Waals surface area contributed by atoms with E-state index in [4.69, 9.17) is 11.6 Å². The van der Waals surface area contributed by atoms with Crippen molar-refractivity contribution in [2.24, 2.45) is 0 Å². The summed E-state index contributed by atoms with van der Waals surface area (Å²) in [5.74, 6) is -1.76. The zero-order chi connectivity index (χ0) is 11.8. The van der Waals surface area contributed by atoms with Gasteiger partial charge in [-0.1, -0.05) is 13.3 Å². The molecule has 1 amide bonds. The lowest BCUT2D eigenvalue weighted by Gasteiger charge is -2.16. The lowest BCUT2D eigenvalue weighted by molar-refractivity contribution is -0.132. The van der Waals surface area contributed by atoms with Gasteiger partial charge in [0.05, 0.1) is 5.88 Å². The summed E-state index contributed by atoms with van der Waals surface area (Å²) in [6.45, 7) is 1.84. The van der Waals surface area contributed by atoms with E-state index in [1.165, 1.54) is 0 Å². The molecular formula is C9H14ClF2NO2. The summed E-state index contributed by atoms with van der Waals surface area (Å²) in [4.78, 5) is 21.7. The largest absolute Gasteiger partial charge is 0.348 e. The first-order valence-corrected chi connectivity index (χ1v) is 5.20. The number of alkyl halides is 3. The third-order valence-electron chi connectivity index (χ3n) is 1.80. The molecule has 0 aliphatic carbocycles. The maximum Gasteiger partial charge on any atom is 0.315 e. The average Bonchev–Trinajstić information content (AvgIpc) is 2.17. The van der Waals surface area contributed by atoms with Crippen LogP contribution in [0, 0.1) is 0 Å². The van der Waals surface area contributed by atoms with Gasteiger partial charge in [0.15, 0.2) is 0 Å². The number of hydrogen-bond acceptors (Lipinski definition) is 2. The second kappa shape index (κ2) is 7.56. The first kappa shape index (κ1) is 14.3. The van der Waals surface area contributed by atoms with Crippen LogP contribution in [0.3, 0.4) is 0 Å². The van der Waals surface area contributed by atoms with E-state index in [1.807, 2.05) is 6.92 Å². The highest BCUT2D eigenvalue weighted by atomic mass is 35.5. The molecule has 0 saturated carbocycles. The number of amides is 1. The monoisotopic (exact) mass is 241 g/mol. The summed E-state index contributed by atoms with van der Waals surface area (Å²) in [5.41, 5.74) is 0. The standard InChI is InChI=1S/C9H14ClF2NO2/c1-2-3-6(4-7(14)5-10)13-9(15)8(11)12/h6,8H,2-5H2,1H3,(H,13,15). The SMILES string of the molecule is CCCC(CC(=O)CCl)NC(=O)C(F)F. The van der Waals surface area contributed by atoms with E-state index < -0.39 is 18.4 Å². The highest BCUT2D eigenvalue weighted by Gasteiger charge is 2.20. The summed E-state index contributed by atoms with van der Waals surface area (Å²) in [7, 11) is 0. The van der Waals surface area contributed by atoms with E-state index in [0.717, 1.165) is 0 Å². The van der Waals surface area contributed by atoms with Gasteiger partial charge in [0.2, 0.25) is 0 Å². The van der Waals surface area contributed by atoms with Crippen molar-refractivity contribution in [3.05, 3.63) is 0 Å². The number of nitrogens with one attached hydrogen (secondary N) is 1. The van der Waals surface area contributed by atoms with Gasteiger partial charge in [0.1, 0.15) is 5.78 Å². The average molecular weight is 242 g/mol. The van der Waals surface area contributed by atoms with Gasteiger partial charge in [-0.2, -0.15) is 8.78 Å². The molecule has 0 aromatic carbocycles. The second-order valence-corrected chi connectivity index (χ2v) is 3.44. The maximum atomic E-state index is 11.9. The van der Waals surface area contributed by atoms with Crippen molar-refractivity contribution in [3.8, 4) is 0 Å². The van der Waals surface area contributed by atoms with Crippen molar-refractivity contribution in [2.45, 2.75) is 38.7 Å². The number of rotatable bonds is 7. The molecule has 1 N–H and O–H groups in total. The van der Waals surface area contributed by atoms with Gasteiger partial charge in [0, 0.05) is 12.5 Å². The van der Waals surface area contributed by atoms with Crippen LogP contribution in [0.2, 0.25) is 0 Å². The molecule has 0 saturated heterocycles. The summed E-state index contributed by atoms with van der Waals surface area (Å²) in [6.07, 6.45) is -1.85. The van der Waals surface area contributed by atoms with Gasteiger partial charge < -0.3 is 5.32 Å².